The van der Waals surface area contributed by atoms with Crippen molar-refractivity contribution in [2.45, 2.75) is 5.54 Å². The van der Waals surface area contributed by atoms with E-state index >= 15 is 0 Å². The van der Waals surface area contributed by atoms with Crippen LogP contribution in [0.2, 0.25) is 0 Å². The fraction of sp³-hybridized carbons (Fsp3) is 0.0286. The highest BCUT2D eigenvalue weighted by molar-refractivity contribution is 6.49. The lowest BCUT2D eigenvalue weighted by atomic mass is 9.85. The number of Topliss-reactive ketones (excluding diaryl/α,β-unsaturated/α-hetero) is 2. The first-order valence-corrected chi connectivity index (χ1v) is 13.0. The van der Waals surface area contributed by atoms with Gasteiger partial charge in [-0.15, -0.1) is 0 Å². The Labute approximate surface area is 230 Å². The van der Waals surface area contributed by atoms with E-state index in [4.69, 9.17) is 4.98 Å². The molecule has 1 aliphatic carbocycles. The molecule has 5 nitrogen and oxygen atoms in total. The molecule has 0 N–H and O–H groups in total. The molecule has 190 valence electrons. The Morgan fingerprint density at radius 2 is 1.20 bits per heavy atom. The van der Waals surface area contributed by atoms with Crippen LogP contribution in [-0.2, 0) is 10.3 Å². The van der Waals surface area contributed by atoms with Gasteiger partial charge >= 0.3 is 0 Å². The number of benzene rings is 4. The largest absolute Gasteiger partial charge is 0.306 e. The molecule has 1 spiro atoms. The van der Waals surface area contributed by atoms with Crippen LogP contribution in [0.3, 0.4) is 0 Å². The number of hydrogen-bond acceptors (Lipinski definition) is 4. The minimum absolute atomic E-state index is 0.0524. The van der Waals surface area contributed by atoms with Gasteiger partial charge in [-0.05, 0) is 29.9 Å². The Morgan fingerprint density at radius 1 is 0.625 bits per heavy atom. The molecule has 1 aromatic heterocycles. The van der Waals surface area contributed by atoms with Gasteiger partial charge in [-0.1, -0.05) is 109 Å². The molecule has 0 bridgehead atoms. The van der Waals surface area contributed by atoms with E-state index in [0.29, 0.717) is 11.1 Å². The van der Waals surface area contributed by atoms with Crippen LogP contribution in [0.1, 0.15) is 26.3 Å². The third-order valence-electron chi connectivity index (χ3n) is 7.56. The van der Waals surface area contributed by atoms with Gasteiger partial charge in [-0.25, -0.2) is 4.98 Å². The summed E-state index contributed by atoms with van der Waals surface area (Å²) < 4.78 is 2.19. The number of imidazole rings is 1. The Hall–Kier alpha value is -5.42. The van der Waals surface area contributed by atoms with Gasteiger partial charge in [0.1, 0.15) is 11.4 Å². The molecule has 7 rings (SSSR count). The summed E-state index contributed by atoms with van der Waals surface area (Å²) in [5.74, 6) is -0.345. The highest BCUT2D eigenvalue weighted by Crippen LogP contribution is 2.51. The first-order valence-electron chi connectivity index (χ1n) is 13.0. The molecule has 5 heteroatoms. The van der Waals surface area contributed by atoms with Crippen LogP contribution in [0.15, 0.2) is 133 Å². The number of rotatable bonds is 5. The highest BCUT2D eigenvalue weighted by Gasteiger charge is 2.44. The van der Waals surface area contributed by atoms with Crippen LogP contribution in [-0.4, -0.2) is 26.9 Å². The van der Waals surface area contributed by atoms with Crippen molar-refractivity contribution >= 4 is 17.3 Å². The predicted octanol–water partition coefficient (Wildman–Crippen LogP) is 6.70. The third-order valence-corrected chi connectivity index (χ3v) is 7.56. The number of carbonyl (C=O) groups excluding carboxylic acids is 3. The fourth-order valence-corrected chi connectivity index (χ4v) is 5.66. The molecule has 2 aliphatic rings. The maximum Gasteiger partial charge on any atom is 0.233 e. The van der Waals surface area contributed by atoms with Crippen molar-refractivity contribution in [3.63, 3.8) is 0 Å². The van der Waals surface area contributed by atoms with E-state index in [1.165, 1.54) is 0 Å². The predicted molar refractivity (Wildman–Crippen MR) is 154 cm³/mol. The number of hydrogen-bond donors (Lipinski definition) is 0. The quantitative estimate of drug-likeness (QED) is 0.192. The number of nitrogens with zero attached hydrogens (tertiary/aromatic N) is 2. The molecule has 4 aromatic carbocycles. The molecular formula is C35H22N2O3. The van der Waals surface area contributed by atoms with Gasteiger partial charge in [0.25, 0.3) is 0 Å². The van der Waals surface area contributed by atoms with E-state index in [9.17, 15) is 14.4 Å². The summed E-state index contributed by atoms with van der Waals surface area (Å²) >= 11 is 0. The lowest BCUT2D eigenvalue weighted by Crippen LogP contribution is -2.30. The zero-order valence-electron chi connectivity index (χ0n) is 21.3. The Bertz CT molecular complexity index is 1860. The Balaban J connectivity index is 1.39. The van der Waals surface area contributed by atoms with E-state index in [-0.39, 0.29) is 5.78 Å². The van der Waals surface area contributed by atoms with Crippen molar-refractivity contribution in [2.75, 3.05) is 0 Å². The average Bonchev–Trinajstić information content (AvgIpc) is 3.54. The summed E-state index contributed by atoms with van der Waals surface area (Å²) in [5.41, 5.74) is 5.48. The van der Waals surface area contributed by atoms with Gasteiger partial charge < -0.3 is 4.57 Å². The van der Waals surface area contributed by atoms with Crippen molar-refractivity contribution in [1.82, 2.24) is 9.55 Å². The second-order valence-corrected chi connectivity index (χ2v) is 9.88. The Morgan fingerprint density at radius 3 is 1.88 bits per heavy atom. The smallest absolute Gasteiger partial charge is 0.233 e. The molecule has 0 radical (unpaired) electrons. The summed E-state index contributed by atoms with van der Waals surface area (Å²) in [7, 11) is 0. The summed E-state index contributed by atoms with van der Waals surface area (Å²) in [5, 5.41) is 0. The first kappa shape index (κ1) is 23.7. The summed E-state index contributed by atoms with van der Waals surface area (Å²) in [6, 6.07) is 33.8. The molecule has 0 fully saturated rings. The summed E-state index contributed by atoms with van der Waals surface area (Å²) in [6.45, 7) is 0. The van der Waals surface area contributed by atoms with Crippen LogP contribution in [0.5, 0.6) is 0 Å². The van der Waals surface area contributed by atoms with Crippen LogP contribution in [0, 0.1) is 0 Å². The number of fused-ring (bicyclic) bond motifs is 5. The van der Waals surface area contributed by atoms with Crippen LogP contribution < -0.4 is 0 Å². The van der Waals surface area contributed by atoms with E-state index in [1.54, 1.807) is 48.6 Å². The summed E-state index contributed by atoms with van der Waals surface area (Å²) in [6.07, 6.45) is 7.12. The van der Waals surface area contributed by atoms with E-state index in [1.807, 2.05) is 72.8 Å². The normalized spacial score (nSPS) is 14.2. The van der Waals surface area contributed by atoms with Crippen molar-refractivity contribution < 1.29 is 14.4 Å². The summed E-state index contributed by atoms with van der Waals surface area (Å²) in [4.78, 5) is 43.0. The van der Waals surface area contributed by atoms with Crippen LogP contribution >= 0.6 is 0 Å². The molecule has 2 heterocycles. The second kappa shape index (κ2) is 9.10. The van der Waals surface area contributed by atoms with E-state index < -0.39 is 17.1 Å². The zero-order valence-corrected chi connectivity index (χ0v) is 21.3. The standard InChI is InChI=1S/C35H22N2O3/c38-27-19-21-35(22-20-27)29-14-8-7-13-28(29)34-36-30(31(37(34)35)24-9-3-1-4-10-24)23-15-17-26(18-16-23)33(40)32(39)25-11-5-2-6-12-25/h1-22H. The van der Waals surface area contributed by atoms with Gasteiger partial charge in [0, 0.05) is 27.8 Å². The van der Waals surface area contributed by atoms with Crippen LogP contribution in [0.25, 0.3) is 33.9 Å². The second-order valence-electron chi connectivity index (χ2n) is 9.88. The maximum absolute atomic E-state index is 12.9. The number of allylic oxidation sites excluding steroid dienone is 4. The van der Waals surface area contributed by atoms with E-state index in [0.717, 1.165) is 39.5 Å². The van der Waals surface area contributed by atoms with Crippen molar-refractivity contribution in [3.05, 3.63) is 150 Å². The number of ketones is 3. The van der Waals surface area contributed by atoms with Gasteiger partial charge in [0.15, 0.2) is 5.78 Å². The van der Waals surface area contributed by atoms with Gasteiger partial charge in [-0.2, -0.15) is 0 Å². The SMILES string of the molecule is O=C1C=CC2(C=C1)c1ccccc1-c1nc(-c3ccc(C(=O)C(=O)c4ccccc4)cc3)c(-c3ccccc3)n12. The monoisotopic (exact) mass is 518 g/mol. The molecule has 1 aliphatic heterocycles. The van der Waals surface area contributed by atoms with Crippen molar-refractivity contribution in [3.8, 4) is 33.9 Å². The van der Waals surface area contributed by atoms with Crippen molar-refractivity contribution in [1.29, 1.82) is 0 Å². The lowest BCUT2D eigenvalue weighted by molar-refractivity contribution is -0.110. The van der Waals surface area contributed by atoms with E-state index in [2.05, 4.69) is 16.7 Å². The molecule has 5 aromatic rings. The van der Waals surface area contributed by atoms with Gasteiger partial charge in [0.2, 0.25) is 11.6 Å². The number of aromatic nitrogens is 2. The molecule has 40 heavy (non-hydrogen) atoms. The zero-order chi connectivity index (χ0) is 27.3. The molecule has 0 unspecified atom stereocenters. The lowest BCUT2D eigenvalue weighted by Gasteiger charge is -2.30. The fourth-order valence-electron chi connectivity index (χ4n) is 5.66. The third kappa shape index (κ3) is 3.56. The Kier molecular flexibility index (Phi) is 5.39. The molecule has 0 atom stereocenters. The maximum atomic E-state index is 12.9. The minimum atomic E-state index is -0.700. The van der Waals surface area contributed by atoms with Gasteiger partial charge in [-0.3, -0.25) is 14.4 Å². The average molecular weight is 519 g/mol. The first-order chi connectivity index (χ1) is 19.6. The minimum Gasteiger partial charge on any atom is -0.306 e. The molecular weight excluding hydrogens is 496 g/mol. The topological polar surface area (TPSA) is 69.0 Å². The van der Waals surface area contributed by atoms with Crippen LogP contribution in [0.4, 0.5) is 0 Å². The molecule has 0 saturated heterocycles. The molecule has 0 saturated carbocycles. The van der Waals surface area contributed by atoms with Crippen molar-refractivity contribution in [2.24, 2.45) is 0 Å². The number of carbonyl (C=O) groups is 3. The molecule has 0 amide bonds. The highest BCUT2D eigenvalue weighted by atomic mass is 16.2. The van der Waals surface area contributed by atoms with Gasteiger partial charge in [0.05, 0.1) is 11.4 Å².